The molecule has 1 amide bonds. The van der Waals surface area contributed by atoms with Gasteiger partial charge >= 0.3 is 0 Å². The summed E-state index contributed by atoms with van der Waals surface area (Å²) in [5, 5.41) is 4.49. The number of halogens is 1. The molecule has 0 saturated carbocycles. The molecule has 0 bridgehead atoms. The smallest absolute Gasteiger partial charge is 0.284 e. The van der Waals surface area contributed by atoms with Crippen LogP contribution in [0.5, 0.6) is 5.75 Å². The Morgan fingerprint density at radius 1 is 1.31 bits per heavy atom. The number of hydrogen-bond donors (Lipinski definition) is 1. The van der Waals surface area contributed by atoms with Gasteiger partial charge in [0, 0.05) is 25.7 Å². The van der Waals surface area contributed by atoms with Crippen molar-refractivity contribution in [1.82, 2.24) is 19.5 Å². The normalized spacial score (nSPS) is 11.9. The number of aromatic amines is 1. The second-order valence-electron chi connectivity index (χ2n) is 7.01. The minimum atomic E-state index is -0.487. The summed E-state index contributed by atoms with van der Waals surface area (Å²) < 4.78 is 6.86. The number of rotatable bonds is 4. The Balaban J connectivity index is 2.11. The number of hydrogen-bond acceptors (Lipinski definition) is 4. The van der Waals surface area contributed by atoms with Crippen molar-refractivity contribution in [1.29, 1.82) is 0 Å². The highest BCUT2D eigenvalue weighted by atomic mass is 35.5. The van der Waals surface area contributed by atoms with Gasteiger partial charge in [-0.25, -0.2) is 0 Å². The summed E-state index contributed by atoms with van der Waals surface area (Å²) in [6.07, 6.45) is 1.28. The van der Waals surface area contributed by atoms with Crippen molar-refractivity contribution in [3.8, 4) is 17.0 Å². The molecule has 0 aliphatic rings. The first-order valence-electron chi connectivity index (χ1n) is 9.02. The number of carbonyl (C=O) groups excluding carboxylic acids is 1. The van der Waals surface area contributed by atoms with Crippen molar-refractivity contribution in [3.05, 3.63) is 51.4 Å². The van der Waals surface area contributed by atoms with Crippen molar-refractivity contribution >= 4 is 29.0 Å². The Morgan fingerprint density at radius 2 is 2.03 bits per heavy atom. The van der Waals surface area contributed by atoms with E-state index < -0.39 is 5.91 Å². The predicted molar refractivity (Wildman–Crippen MR) is 113 cm³/mol. The van der Waals surface area contributed by atoms with Crippen LogP contribution in [0.1, 0.15) is 31.1 Å². The van der Waals surface area contributed by atoms with Crippen molar-refractivity contribution in [3.63, 3.8) is 0 Å². The van der Waals surface area contributed by atoms with Gasteiger partial charge in [-0.2, -0.15) is 14.6 Å². The SMILES string of the molecule is C/C(=N\C(=O)c1cnn2c(=O)cc(-c3ccc(Cl)c(OC(C)C)c3)[nH]c12)N(C)C. The van der Waals surface area contributed by atoms with E-state index in [1.165, 1.54) is 12.3 Å². The fraction of sp³-hybridized carbons (Fsp3) is 0.300. The lowest BCUT2D eigenvalue weighted by Gasteiger charge is -2.13. The third kappa shape index (κ3) is 4.32. The Labute approximate surface area is 172 Å². The quantitative estimate of drug-likeness (QED) is 0.521. The van der Waals surface area contributed by atoms with E-state index in [4.69, 9.17) is 16.3 Å². The maximum atomic E-state index is 12.6. The molecule has 0 saturated heterocycles. The minimum Gasteiger partial charge on any atom is -0.489 e. The minimum absolute atomic E-state index is 0.0545. The number of carbonyl (C=O) groups is 1. The Kier molecular flexibility index (Phi) is 5.74. The van der Waals surface area contributed by atoms with Crippen molar-refractivity contribution in [2.45, 2.75) is 26.9 Å². The van der Waals surface area contributed by atoms with Crippen molar-refractivity contribution in [2.75, 3.05) is 14.1 Å². The van der Waals surface area contributed by atoms with Crippen LogP contribution in [-0.2, 0) is 0 Å². The average molecular weight is 416 g/mol. The summed E-state index contributed by atoms with van der Waals surface area (Å²) in [5.41, 5.74) is 1.31. The number of aromatic nitrogens is 3. The van der Waals surface area contributed by atoms with E-state index >= 15 is 0 Å². The van der Waals surface area contributed by atoms with Gasteiger partial charge in [0.15, 0.2) is 5.65 Å². The summed E-state index contributed by atoms with van der Waals surface area (Å²) in [4.78, 5) is 34.0. The number of amidine groups is 1. The zero-order valence-corrected chi connectivity index (χ0v) is 17.6. The lowest BCUT2D eigenvalue weighted by molar-refractivity contribution is 0.100. The van der Waals surface area contributed by atoms with Crippen LogP contribution < -0.4 is 10.3 Å². The zero-order valence-electron chi connectivity index (χ0n) is 16.9. The van der Waals surface area contributed by atoms with Crippen LogP contribution in [0.3, 0.4) is 0 Å². The van der Waals surface area contributed by atoms with Gasteiger partial charge in [0.05, 0.1) is 23.0 Å². The molecule has 3 aromatic rings. The van der Waals surface area contributed by atoms with E-state index in [-0.39, 0.29) is 22.9 Å². The zero-order chi connectivity index (χ0) is 21.3. The molecule has 0 radical (unpaired) electrons. The van der Waals surface area contributed by atoms with Gasteiger partial charge in [0.1, 0.15) is 17.1 Å². The number of ether oxygens (including phenoxy) is 1. The molecule has 152 valence electrons. The van der Waals surface area contributed by atoms with Crippen LogP contribution in [0.2, 0.25) is 5.02 Å². The standard InChI is InChI=1S/C20H22ClN5O3/c1-11(2)29-17-8-13(6-7-15(17)21)16-9-18(27)26-19(24-16)14(10-22-26)20(28)23-12(3)25(4)5/h6-11,24H,1-5H3/b23-12+. The maximum Gasteiger partial charge on any atom is 0.284 e. The molecule has 9 heteroatoms. The predicted octanol–water partition coefficient (Wildman–Crippen LogP) is 3.25. The van der Waals surface area contributed by atoms with Crippen molar-refractivity contribution < 1.29 is 9.53 Å². The molecule has 0 spiro atoms. The highest BCUT2D eigenvalue weighted by Crippen LogP contribution is 2.30. The number of amides is 1. The molecule has 0 atom stereocenters. The molecular formula is C20H22ClN5O3. The Hall–Kier alpha value is -3.13. The summed E-state index contributed by atoms with van der Waals surface area (Å²) in [6, 6.07) is 6.62. The summed E-state index contributed by atoms with van der Waals surface area (Å²) in [5.74, 6) is 0.566. The lowest BCUT2D eigenvalue weighted by atomic mass is 10.1. The second kappa shape index (κ2) is 8.08. The number of benzene rings is 1. The molecule has 29 heavy (non-hydrogen) atoms. The molecule has 8 nitrogen and oxygen atoms in total. The number of nitrogens with zero attached hydrogens (tertiary/aromatic N) is 4. The second-order valence-corrected chi connectivity index (χ2v) is 7.42. The highest BCUT2D eigenvalue weighted by Gasteiger charge is 2.17. The number of H-pyrrole nitrogens is 1. The van der Waals surface area contributed by atoms with Gasteiger partial charge in [0.25, 0.3) is 11.5 Å². The molecule has 1 N–H and O–H groups in total. The Morgan fingerprint density at radius 3 is 2.69 bits per heavy atom. The van der Waals surface area contributed by atoms with Crippen LogP contribution in [-0.4, -0.2) is 51.4 Å². The fourth-order valence-corrected chi connectivity index (χ4v) is 2.78. The summed E-state index contributed by atoms with van der Waals surface area (Å²) >= 11 is 6.20. The molecule has 2 aromatic heterocycles. The summed E-state index contributed by atoms with van der Waals surface area (Å²) in [7, 11) is 3.58. The van der Waals surface area contributed by atoms with E-state index in [1.54, 1.807) is 44.1 Å². The molecule has 2 heterocycles. The lowest BCUT2D eigenvalue weighted by Crippen LogP contribution is -2.20. The molecule has 0 aliphatic carbocycles. The van der Waals surface area contributed by atoms with E-state index in [2.05, 4.69) is 15.1 Å². The number of fused-ring (bicyclic) bond motifs is 1. The van der Waals surface area contributed by atoms with Gasteiger partial charge in [-0.1, -0.05) is 17.7 Å². The van der Waals surface area contributed by atoms with Gasteiger partial charge < -0.3 is 14.6 Å². The molecule has 3 rings (SSSR count). The fourth-order valence-electron chi connectivity index (χ4n) is 2.62. The van der Waals surface area contributed by atoms with E-state index in [9.17, 15) is 9.59 Å². The number of nitrogens with one attached hydrogen (secondary N) is 1. The molecule has 1 aromatic carbocycles. The highest BCUT2D eigenvalue weighted by molar-refractivity contribution is 6.32. The monoisotopic (exact) mass is 415 g/mol. The Bertz CT molecular complexity index is 1160. The summed E-state index contributed by atoms with van der Waals surface area (Å²) in [6.45, 7) is 5.52. The molecule has 0 aliphatic heterocycles. The van der Waals surface area contributed by atoms with Gasteiger partial charge in [0.2, 0.25) is 0 Å². The van der Waals surface area contributed by atoms with Crippen molar-refractivity contribution in [2.24, 2.45) is 4.99 Å². The first kappa shape index (κ1) is 20.6. The van der Waals surface area contributed by atoms with E-state index in [0.29, 0.717) is 27.9 Å². The molecule has 0 fully saturated rings. The van der Waals surface area contributed by atoms with Crippen LogP contribution >= 0.6 is 11.6 Å². The van der Waals surface area contributed by atoms with Crippen LogP contribution in [0.4, 0.5) is 0 Å². The molecule has 0 unspecified atom stereocenters. The van der Waals surface area contributed by atoms with E-state index in [0.717, 1.165) is 4.52 Å². The maximum absolute atomic E-state index is 12.6. The van der Waals surface area contributed by atoms with Gasteiger partial charge in [-0.05, 0) is 32.9 Å². The van der Waals surface area contributed by atoms with Crippen LogP contribution in [0.15, 0.2) is 40.2 Å². The number of aliphatic imine (C=N–C) groups is 1. The van der Waals surface area contributed by atoms with Gasteiger partial charge in [-0.3, -0.25) is 9.59 Å². The van der Waals surface area contributed by atoms with Crippen LogP contribution in [0.25, 0.3) is 16.9 Å². The first-order valence-corrected chi connectivity index (χ1v) is 9.39. The first-order chi connectivity index (χ1) is 13.7. The third-order valence-electron chi connectivity index (χ3n) is 4.24. The average Bonchev–Trinajstić information content (AvgIpc) is 3.07. The molecular weight excluding hydrogens is 394 g/mol. The van der Waals surface area contributed by atoms with Crippen LogP contribution in [0, 0.1) is 0 Å². The largest absolute Gasteiger partial charge is 0.489 e. The third-order valence-corrected chi connectivity index (χ3v) is 4.56. The van der Waals surface area contributed by atoms with Gasteiger partial charge in [-0.15, -0.1) is 0 Å². The van der Waals surface area contributed by atoms with E-state index in [1.807, 2.05) is 13.8 Å². The topological polar surface area (TPSA) is 92.1 Å².